The van der Waals surface area contributed by atoms with E-state index in [0.717, 1.165) is 32.8 Å². The normalized spacial score (nSPS) is 24.7. The Balaban J connectivity index is 1.39. The van der Waals surface area contributed by atoms with Crippen molar-refractivity contribution in [1.29, 1.82) is 0 Å². The molecule has 7 nitrogen and oxygen atoms in total. The Kier molecular flexibility index (Phi) is 6.66. The fourth-order valence-electron chi connectivity index (χ4n) is 5.90. The Bertz CT molecular complexity index is 1360. The minimum atomic E-state index is -0.695. The zero-order valence-corrected chi connectivity index (χ0v) is 22.8. The van der Waals surface area contributed by atoms with Gasteiger partial charge in [0.25, 0.3) is 0 Å². The van der Waals surface area contributed by atoms with Crippen molar-refractivity contribution in [3.05, 3.63) is 70.6 Å². The Morgan fingerprint density at radius 3 is 2.57 bits per heavy atom. The second-order valence-electron chi connectivity index (χ2n) is 11.0. The van der Waals surface area contributed by atoms with E-state index in [4.69, 9.17) is 0 Å². The summed E-state index contributed by atoms with van der Waals surface area (Å²) in [5.41, 5.74) is 6.00. The van der Waals surface area contributed by atoms with E-state index in [9.17, 15) is 14.7 Å². The van der Waals surface area contributed by atoms with Crippen LogP contribution in [0.15, 0.2) is 53.8 Å². The third-order valence-corrected chi connectivity index (χ3v) is 8.93. The second-order valence-corrected chi connectivity index (χ2v) is 11.9. The average molecular weight is 519 g/mol. The molecule has 1 aromatic carbocycles. The van der Waals surface area contributed by atoms with Crippen LogP contribution >= 0.6 is 11.3 Å². The smallest absolute Gasteiger partial charge is 0.231 e. The summed E-state index contributed by atoms with van der Waals surface area (Å²) in [5.74, 6) is -0.255. The standard InChI is InChI=1S/C29H34N4O3S/c1-17(2)26(21-13-31-32(5)14-21)28(36)33-15-23(34)11-24(33)20-10-25(35)29(4,12-20)22-8-6-19(7-9-22)27-18(3)30-16-37-27/h6-10,13-14,16-17,23-24,26,34H,11-12,15H2,1-5H3/t23-,24+,26+,29+/m1/s1. The van der Waals surface area contributed by atoms with Gasteiger partial charge in [-0.3, -0.25) is 14.3 Å². The van der Waals surface area contributed by atoms with Gasteiger partial charge in [-0.2, -0.15) is 5.10 Å². The van der Waals surface area contributed by atoms with Crippen molar-refractivity contribution >= 4 is 23.0 Å². The second kappa shape index (κ2) is 9.65. The van der Waals surface area contributed by atoms with Crippen LogP contribution in [0.25, 0.3) is 10.4 Å². The Morgan fingerprint density at radius 1 is 1.24 bits per heavy atom. The molecule has 8 heteroatoms. The number of rotatable bonds is 6. The number of thiazole rings is 1. The Labute approximate surface area is 221 Å². The monoisotopic (exact) mass is 518 g/mol. The van der Waals surface area contributed by atoms with E-state index < -0.39 is 11.5 Å². The van der Waals surface area contributed by atoms with Gasteiger partial charge in [0.05, 0.1) is 45.8 Å². The van der Waals surface area contributed by atoms with Crippen molar-refractivity contribution < 1.29 is 14.7 Å². The number of carbonyl (C=O) groups excluding carboxylic acids is 2. The summed E-state index contributed by atoms with van der Waals surface area (Å²) in [6.45, 7) is 8.32. The van der Waals surface area contributed by atoms with Gasteiger partial charge in [0.1, 0.15) is 0 Å². The number of likely N-dealkylation sites (tertiary alicyclic amines) is 1. The lowest BCUT2D eigenvalue weighted by molar-refractivity contribution is -0.134. The molecule has 1 aliphatic heterocycles. The molecule has 0 unspecified atom stereocenters. The van der Waals surface area contributed by atoms with Crippen LogP contribution in [0, 0.1) is 12.8 Å². The highest BCUT2D eigenvalue weighted by atomic mass is 32.1. The van der Waals surface area contributed by atoms with Gasteiger partial charge in [-0.15, -0.1) is 11.3 Å². The predicted octanol–water partition coefficient (Wildman–Crippen LogP) is 4.41. The molecule has 1 N–H and O–H groups in total. The Hall–Kier alpha value is -3.10. The molecular weight excluding hydrogens is 484 g/mol. The van der Waals surface area contributed by atoms with Gasteiger partial charge in [0.2, 0.25) is 5.91 Å². The SMILES string of the molecule is Cc1ncsc1-c1ccc([C@]2(C)CC([C@@H]3C[C@@H](O)CN3C(=O)[C@H](c3cnn(C)c3)C(C)C)=CC2=O)cc1. The Morgan fingerprint density at radius 2 is 1.97 bits per heavy atom. The topological polar surface area (TPSA) is 88.3 Å². The van der Waals surface area contributed by atoms with E-state index in [2.05, 4.69) is 22.2 Å². The number of carbonyl (C=O) groups is 2. The summed E-state index contributed by atoms with van der Waals surface area (Å²) in [4.78, 5) is 34.5. The quantitative estimate of drug-likeness (QED) is 0.522. The summed E-state index contributed by atoms with van der Waals surface area (Å²) in [7, 11) is 1.84. The summed E-state index contributed by atoms with van der Waals surface area (Å²) in [5, 5.41) is 14.9. The van der Waals surface area contributed by atoms with Crippen molar-refractivity contribution in [2.45, 2.75) is 64.0 Å². The maximum absolute atomic E-state index is 13.9. The number of hydrogen-bond acceptors (Lipinski definition) is 6. The molecule has 4 atom stereocenters. The molecule has 0 radical (unpaired) electrons. The first kappa shape index (κ1) is 25.5. The number of amides is 1. The highest BCUT2D eigenvalue weighted by Gasteiger charge is 2.46. The molecule has 1 amide bonds. The van der Waals surface area contributed by atoms with E-state index >= 15 is 0 Å². The minimum absolute atomic E-state index is 0.0178. The third-order valence-electron chi connectivity index (χ3n) is 7.95. The van der Waals surface area contributed by atoms with Crippen LogP contribution in [0.4, 0.5) is 0 Å². The highest BCUT2D eigenvalue weighted by molar-refractivity contribution is 7.13. The number of aromatic nitrogens is 3. The van der Waals surface area contributed by atoms with Gasteiger partial charge >= 0.3 is 0 Å². The van der Waals surface area contributed by atoms with E-state index in [1.165, 1.54) is 0 Å². The zero-order valence-electron chi connectivity index (χ0n) is 22.0. The molecule has 0 bridgehead atoms. The molecule has 194 valence electrons. The molecule has 2 aromatic heterocycles. The van der Waals surface area contributed by atoms with Crippen molar-refractivity contribution in [1.82, 2.24) is 19.7 Å². The van der Waals surface area contributed by atoms with Crippen LogP contribution < -0.4 is 0 Å². The number of aliphatic hydroxyl groups excluding tert-OH is 1. The summed E-state index contributed by atoms with van der Waals surface area (Å²) in [6.07, 6.45) is 5.72. The number of allylic oxidation sites excluding steroid dienone is 1. The van der Waals surface area contributed by atoms with Crippen LogP contribution in [-0.4, -0.2) is 55.2 Å². The van der Waals surface area contributed by atoms with Gasteiger partial charge in [-0.05, 0) is 55.4 Å². The van der Waals surface area contributed by atoms with Crippen LogP contribution in [0.2, 0.25) is 0 Å². The number of benzene rings is 1. The van der Waals surface area contributed by atoms with E-state index in [1.807, 2.05) is 58.6 Å². The fraction of sp³-hybridized carbons (Fsp3) is 0.448. The number of ketones is 1. The van der Waals surface area contributed by atoms with E-state index in [1.54, 1.807) is 33.2 Å². The summed E-state index contributed by atoms with van der Waals surface area (Å²) in [6, 6.07) is 7.90. The number of aryl methyl sites for hydroxylation is 2. The van der Waals surface area contributed by atoms with Crippen molar-refractivity contribution in [2.24, 2.45) is 13.0 Å². The first-order valence-electron chi connectivity index (χ1n) is 12.8. The van der Waals surface area contributed by atoms with Crippen LogP contribution in [-0.2, 0) is 22.1 Å². The van der Waals surface area contributed by atoms with E-state index in [0.29, 0.717) is 12.8 Å². The molecule has 5 rings (SSSR count). The van der Waals surface area contributed by atoms with Gasteiger partial charge in [-0.25, -0.2) is 4.98 Å². The lowest BCUT2D eigenvalue weighted by Crippen LogP contribution is -2.41. The summed E-state index contributed by atoms with van der Waals surface area (Å²) < 4.78 is 1.71. The number of aliphatic hydroxyl groups is 1. The molecule has 1 fully saturated rings. The fourth-order valence-corrected chi connectivity index (χ4v) is 6.71. The minimum Gasteiger partial charge on any atom is -0.391 e. The van der Waals surface area contributed by atoms with Gasteiger partial charge in [-0.1, -0.05) is 38.1 Å². The van der Waals surface area contributed by atoms with Gasteiger partial charge in [0, 0.05) is 25.4 Å². The highest BCUT2D eigenvalue weighted by Crippen LogP contribution is 2.43. The molecule has 37 heavy (non-hydrogen) atoms. The molecule has 3 heterocycles. The number of hydrogen-bond donors (Lipinski definition) is 1. The molecule has 0 spiro atoms. The van der Waals surface area contributed by atoms with Gasteiger partial charge in [0.15, 0.2) is 5.78 Å². The third kappa shape index (κ3) is 4.57. The molecule has 0 saturated carbocycles. The maximum atomic E-state index is 13.9. The maximum Gasteiger partial charge on any atom is 0.231 e. The van der Waals surface area contributed by atoms with Crippen molar-refractivity contribution in [3.63, 3.8) is 0 Å². The molecule has 2 aliphatic rings. The zero-order chi connectivity index (χ0) is 26.5. The molecule has 1 saturated heterocycles. The van der Waals surface area contributed by atoms with Crippen LogP contribution in [0.3, 0.4) is 0 Å². The van der Waals surface area contributed by atoms with Crippen LogP contribution in [0.1, 0.15) is 56.4 Å². The lowest BCUT2D eigenvalue weighted by Gasteiger charge is -2.32. The average Bonchev–Trinajstić information content (AvgIpc) is 3.62. The first-order chi connectivity index (χ1) is 17.6. The largest absolute Gasteiger partial charge is 0.391 e. The predicted molar refractivity (Wildman–Crippen MR) is 144 cm³/mol. The summed E-state index contributed by atoms with van der Waals surface area (Å²) >= 11 is 1.61. The molecule has 3 aromatic rings. The van der Waals surface area contributed by atoms with Crippen molar-refractivity contribution in [2.75, 3.05) is 6.54 Å². The van der Waals surface area contributed by atoms with Crippen molar-refractivity contribution in [3.8, 4) is 10.4 Å². The van der Waals surface area contributed by atoms with Crippen LogP contribution in [0.5, 0.6) is 0 Å². The van der Waals surface area contributed by atoms with E-state index in [-0.39, 0.29) is 36.1 Å². The molecular formula is C29H34N4O3S. The first-order valence-corrected chi connectivity index (χ1v) is 13.7. The van der Waals surface area contributed by atoms with Gasteiger partial charge < -0.3 is 10.0 Å². The number of β-amino-alcohol motifs (C(OH)–C–C–N with tert-alkyl or cyclic N) is 1. The lowest BCUT2D eigenvalue weighted by atomic mass is 9.77. The number of nitrogens with zero attached hydrogens (tertiary/aromatic N) is 4. The molecule has 1 aliphatic carbocycles.